The Balaban J connectivity index is 1.97. The highest BCUT2D eigenvalue weighted by Gasteiger charge is 2.21. The van der Waals surface area contributed by atoms with Gasteiger partial charge in [-0.1, -0.05) is 11.3 Å². The zero-order valence-electron chi connectivity index (χ0n) is 15.5. The summed E-state index contributed by atoms with van der Waals surface area (Å²) in [4.78, 5) is 46.0. The second-order valence-corrected chi connectivity index (χ2v) is 6.63. The lowest BCUT2D eigenvalue weighted by Crippen LogP contribution is -2.30. The standard InChI is InChI=1S/C17H19N3O7S/c1-10-9-28-17(23)19(10)7-6-15(21)27-11(2)16(22)18-13-8-12(20(24)25)4-5-14(13)26-3/h4-5,8-9,11H,6-7H2,1-3H3,(H,18,22)/t11-/m1/s1. The highest BCUT2D eigenvalue weighted by Crippen LogP contribution is 2.29. The number of hydrogen-bond acceptors (Lipinski definition) is 8. The predicted octanol–water partition coefficient (Wildman–Crippen LogP) is 2.10. The second kappa shape index (κ2) is 9.13. The zero-order chi connectivity index (χ0) is 20.8. The van der Waals surface area contributed by atoms with Crippen molar-refractivity contribution in [2.24, 2.45) is 0 Å². The number of carbonyl (C=O) groups excluding carboxylic acids is 2. The quantitative estimate of drug-likeness (QED) is 0.401. The molecule has 0 saturated carbocycles. The van der Waals surface area contributed by atoms with E-state index in [1.54, 1.807) is 12.3 Å². The summed E-state index contributed by atoms with van der Waals surface area (Å²) in [7, 11) is 1.36. The minimum atomic E-state index is -1.14. The predicted molar refractivity (Wildman–Crippen MR) is 102 cm³/mol. The molecule has 0 fully saturated rings. The summed E-state index contributed by atoms with van der Waals surface area (Å²) in [5.41, 5.74) is 0.605. The van der Waals surface area contributed by atoms with Crippen molar-refractivity contribution in [1.82, 2.24) is 4.57 Å². The number of carbonyl (C=O) groups is 2. The van der Waals surface area contributed by atoms with Crippen molar-refractivity contribution in [1.29, 1.82) is 0 Å². The Labute approximate surface area is 163 Å². The molecule has 150 valence electrons. The molecule has 11 heteroatoms. The number of nitro groups is 1. The molecular weight excluding hydrogens is 390 g/mol. The fourth-order valence-electron chi connectivity index (χ4n) is 2.33. The minimum absolute atomic E-state index is 0.0742. The maximum Gasteiger partial charge on any atom is 0.308 e. The third-order valence-electron chi connectivity index (χ3n) is 3.85. The van der Waals surface area contributed by atoms with Crippen LogP contribution in [0, 0.1) is 17.0 Å². The van der Waals surface area contributed by atoms with Gasteiger partial charge in [0, 0.05) is 29.8 Å². The van der Waals surface area contributed by atoms with E-state index in [0.717, 1.165) is 23.1 Å². The molecule has 1 N–H and O–H groups in total. The number of aromatic nitrogens is 1. The first-order chi connectivity index (χ1) is 13.2. The molecule has 2 aromatic rings. The van der Waals surface area contributed by atoms with E-state index >= 15 is 0 Å². The van der Waals surface area contributed by atoms with Crippen LogP contribution in [0.25, 0.3) is 0 Å². The molecule has 0 aliphatic rings. The molecule has 0 bridgehead atoms. The van der Waals surface area contributed by atoms with Crippen molar-refractivity contribution >= 4 is 34.6 Å². The van der Waals surface area contributed by atoms with Crippen LogP contribution in [0.15, 0.2) is 28.4 Å². The summed E-state index contributed by atoms with van der Waals surface area (Å²) in [6.07, 6.45) is -1.22. The van der Waals surface area contributed by atoms with Gasteiger partial charge in [-0.05, 0) is 19.9 Å². The SMILES string of the molecule is COc1ccc([N+](=O)[O-])cc1NC(=O)[C@@H](C)OC(=O)CCn1c(C)csc1=O. The number of rotatable bonds is 8. The summed E-state index contributed by atoms with van der Waals surface area (Å²) in [6, 6.07) is 3.74. The molecule has 10 nitrogen and oxygen atoms in total. The molecule has 1 heterocycles. The Morgan fingerprint density at radius 3 is 2.68 bits per heavy atom. The molecule has 1 aromatic heterocycles. The van der Waals surface area contributed by atoms with Crippen molar-refractivity contribution in [2.75, 3.05) is 12.4 Å². The van der Waals surface area contributed by atoms with E-state index in [2.05, 4.69) is 5.32 Å². The molecule has 1 amide bonds. The van der Waals surface area contributed by atoms with Crippen molar-refractivity contribution in [3.05, 3.63) is 49.1 Å². The molecule has 0 spiro atoms. The molecule has 0 unspecified atom stereocenters. The molecular formula is C17H19N3O7S. The fraction of sp³-hybridized carbons (Fsp3) is 0.353. The number of non-ortho nitro benzene ring substituents is 1. The van der Waals surface area contributed by atoms with E-state index in [9.17, 15) is 24.5 Å². The van der Waals surface area contributed by atoms with Gasteiger partial charge in [0.2, 0.25) is 0 Å². The largest absolute Gasteiger partial charge is 0.495 e. The topological polar surface area (TPSA) is 130 Å². The van der Waals surface area contributed by atoms with Crippen LogP contribution in [-0.4, -0.2) is 34.6 Å². The monoisotopic (exact) mass is 409 g/mol. The first-order valence-corrected chi connectivity index (χ1v) is 9.08. The first-order valence-electron chi connectivity index (χ1n) is 8.20. The van der Waals surface area contributed by atoms with Gasteiger partial charge >= 0.3 is 10.8 Å². The van der Waals surface area contributed by atoms with Crippen LogP contribution in [0.3, 0.4) is 0 Å². The highest BCUT2D eigenvalue weighted by atomic mass is 32.1. The van der Waals surface area contributed by atoms with E-state index in [1.165, 1.54) is 30.7 Å². The van der Waals surface area contributed by atoms with Gasteiger partial charge < -0.3 is 19.4 Å². The van der Waals surface area contributed by atoms with Crippen LogP contribution in [0.1, 0.15) is 19.0 Å². The number of ether oxygens (including phenoxy) is 2. The van der Waals surface area contributed by atoms with E-state index in [4.69, 9.17) is 9.47 Å². The number of nitrogens with zero attached hydrogens (tertiary/aromatic N) is 2. The third kappa shape index (κ3) is 5.16. The number of nitrogens with one attached hydrogen (secondary N) is 1. The molecule has 1 aromatic carbocycles. The molecule has 0 aliphatic heterocycles. The lowest BCUT2D eigenvalue weighted by molar-refractivity contribution is -0.384. The molecule has 1 atom stereocenters. The summed E-state index contributed by atoms with van der Waals surface area (Å²) in [5, 5.41) is 15.0. The van der Waals surface area contributed by atoms with Crippen LogP contribution in [-0.2, 0) is 20.9 Å². The number of benzene rings is 1. The summed E-state index contributed by atoms with van der Waals surface area (Å²) in [6.45, 7) is 3.28. The lowest BCUT2D eigenvalue weighted by atomic mass is 10.2. The number of thiazole rings is 1. The van der Waals surface area contributed by atoms with Crippen molar-refractivity contribution in [3.63, 3.8) is 0 Å². The maximum atomic E-state index is 12.3. The number of nitro benzene ring substituents is 1. The average molecular weight is 409 g/mol. The van der Waals surface area contributed by atoms with Gasteiger partial charge in [0.1, 0.15) is 5.75 Å². The summed E-state index contributed by atoms with van der Waals surface area (Å²) >= 11 is 1.04. The molecule has 0 radical (unpaired) electrons. The number of aryl methyl sites for hydroxylation is 1. The van der Waals surface area contributed by atoms with Gasteiger partial charge in [0.15, 0.2) is 6.10 Å². The maximum absolute atomic E-state index is 12.3. The van der Waals surface area contributed by atoms with Gasteiger partial charge in [-0.2, -0.15) is 0 Å². The Hall–Kier alpha value is -3.21. The number of anilines is 1. The summed E-state index contributed by atoms with van der Waals surface area (Å²) in [5.74, 6) is -1.09. The van der Waals surface area contributed by atoms with Gasteiger partial charge in [0.05, 0.1) is 24.1 Å². The van der Waals surface area contributed by atoms with E-state index in [1.807, 2.05) is 0 Å². The minimum Gasteiger partial charge on any atom is -0.495 e. The fourth-order valence-corrected chi connectivity index (χ4v) is 3.09. The van der Waals surface area contributed by atoms with Crippen LogP contribution in [0.5, 0.6) is 5.75 Å². The van der Waals surface area contributed by atoms with E-state index in [-0.39, 0.29) is 35.0 Å². The number of methoxy groups -OCH3 is 1. The van der Waals surface area contributed by atoms with Gasteiger partial charge in [-0.25, -0.2) is 0 Å². The second-order valence-electron chi connectivity index (χ2n) is 5.81. The Morgan fingerprint density at radius 1 is 1.39 bits per heavy atom. The molecule has 28 heavy (non-hydrogen) atoms. The first kappa shape index (κ1) is 21.1. The van der Waals surface area contributed by atoms with Crippen LogP contribution < -0.4 is 14.9 Å². The van der Waals surface area contributed by atoms with Gasteiger partial charge in [0.25, 0.3) is 11.6 Å². The van der Waals surface area contributed by atoms with Gasteiger partial charge in [-0.3, -0.25) is 24.5 Å². The van der Waals surface area contributed by atoms with Crippen LogP contribution in [0.4, 0.5) is 11.4 Å². The molecule has 2 rings (SSSR count). The number of esters is 1. The lowest BCUT2D eigenvalue weighted by Gasteiger charge is -2.15. The normalized spacial score (nSPS) is 11.5. The van der Waals surface area contributed by atoms with Crippen molar-refractivity contribution < 1.29 is 24.0 Å². The van der Waals surface area contributed by atoms with Crippen molar-refractivity contribution in [2.45, 2.75) is 32.9 Å². The Kier molecular flexibility index (Phi) is 6.88. The smallest absolute Gasteiger partial charge is 0.308 e. The zero-order valence-corrected chi connectivity index (χ0v) is 16.3. The van der Waals surface area contributed by atoms with Crippen LogP contribution in [0.2, 0.25) is 0 Å². The Bertz CT molecular complexity index is 950. The van der Waals surface area contributed by atoms with Crippen LogP contribution >= 0.6 is 11.3 Å². The van der Waals surface area contributed by atoms with E-state index < -0.39 is 22.9 Å². The molecule has 0 aliphatic carbocycles. The average Bonchev–Trinajstić information content (AvgIpc) is 2.97. The summed E-state index contributed by atoms with van der Waals surface area (Å²) < 4.78 is 11.6. The Morgan fingerprint density at radius 2 is 2.11 bits per heavy atom. The van der Waals surface area contributed by atoms with Gasteiger partial charge in [-0.15, -0.1) is 0 Å². The van der Waals surface area contributed by atoms with Crippen molar-refractivity contribution in [3.8, 4) is 5.75 Å². The van der Waals surface area contributed by atoms with E-state index in [0.29, 0.717) is 0 Å². The number of amides is 1. The highest BCUT2D eigenvalue weighted by molar-refractivity contribution is 7.07. The third-order valence-corrected chi connectivity index (χ3v) is 4.73. The molecule has 0 saturated heterocycles. The number of hydrogen-bond donors (Lipinski definition) is 1.